The van der Waals surface area contributed by atoms with Gasteiger partial charge in [0.15, 0.2) is 0 Å². The molecule has 0 spiro atoms. The number of carbonyl (C=O) groups excluding carboxylic acids is 3. The third-order valence-electron chi connectivity index (χ3n) is 6.26. The summed E-state index contributed by atoms with van der Waals surface area (Å²) in [5.74, 6) is -1.27. The van der Waals surface area contributed by atoms with Crippen LogP contribution in [-0.2, 0) is 25.6 Å². The highest BCUT2D eigenvalue weighted by atomic mass is 16.4. The van der Waals surface area contributed by atoms with E-state index < -0.39 is 12.0 Å². The zero-order valence-corrected chi connectivity index (χ0v) is 18.0. The Kier molecular flexibility index (Phi) is 7.65. The molecule has 2 N–H and O–H groups in total. The second-order valence-electron chi connectivity index (χ2n) is 8.49. The van der Waals surface area contributed by atoms with Gasteiger partial charge in [0, 0.05) is 39.4 Å². The first-order chi connectivity index (χ1) is 14.8. The van der Waals surface area contributed by atoms with E-state index in [4.69, 9.17) is 0 Å². The quantitative estimate of drug-likeness (QED) is 0.682. The molecule has 0 aliphatic carbocycles. The first-order valence-corrected chi connectivity index (χ1v) is 11.0. The maximum atomic E-state index is 12.8. The van der Waals surface area contributed by atoms with Crippen molar-refractivity contribution in [2.45, 2.75) is 57.5 Å². The van der Waals surface area contributed by atoms with Crippen molar-refractivity contribution in [1.29, 1.82) is 0 Å². The van der Waals surface area contributed by atoms with Crippen molar-refractivity contribution in [3.05, 3.63) is 35.9 Å². The van der Waals surface area contributed by atoms with Crippen molar-refractivity contribution >= 4 is 23.7 Å². The van der Waals surface area contributed by atoms with E-state index in [1.165, 1.54) is 6.92 Å². The molecule has 8 heteroatoms. The van der Waals surface area contributed by atoms with Gasteiger partial charge in [0.25, 0.3) is 0 Å². The number of hydrogen-bond donors (Lipinski definition) is 2. The van der Waals surface area contributed by atoms with Gasteiger partial charge in [-0.15, -0.1) is 0 Å². The van der Waals surface area contributed by atoms with E-state index in [0.717, 1.165) is 12.0 Å². The number of rotatable bonds is 7. The Morgan fingerprint density at radius 2 is 1.74 bits per heavy atom. The van der Waals surface area contributed by atoms with Crippen molar-refractivity contribution in [1.82, 2.24) is 15.1 Å². The number of carboxylic acid groups (broad SMARTS) is 1. The number of benzene rings is 1. The SMILES string of the molecule is CC(=O)N1CCC[C@H]1C(=O)N1CCC(CC(=O)N[C@@H](Cc2ccccc2)C(=O)O)CC1. The van der Waals surface area contributed by atoms with Crippen LogP contribution in [-0.4, -0.2) is 70.3 Å². The standard InChI is InChI=1S/C23H31N3O5/c1-16(27)26-11-5-8-20(26)22(29)25-12-9-18(10-13-25)15-21(28)24-19(23(30)31)14-17-6-3-2-4-7-17/h2-4,6-7,18-20H,5,8-15H2,1H3,(H,24,28)(H,30,31)/t19-,20-/m0/s1. The van der Waals surface area contributed by atoms with Crippen LogP contribution in [0.5, 0.6) is 0 Å². The van der Waals surface area contributed by atoms with Crippen molar-refractivity contribution < 1.29 is 24.3 Å². The zero-order valence-electron chi connectivity index (χ0n) is 18.0. The average Bonchev–Trinajstić information content (AvgIpc) is 3.24. The molecule has 2 saturated heterocycles. The highest BCUT2D eigenvalue weighted by Gasteiger charge is 2.36. The van der Waals surface area contributed by atoms with Crippen molar-refractivity contribution in [3.63, 3.8) is 0 Å². The Bertz CT molecular complexity index is 805. The Hall–Kier alpha value is -2.90. The molecule has 2 aliphatic rings. The fourth-order valence-corrected chi connectivity index (χ4v) is 4.53. The van der Waals surface area contributed by atoms with Gasteiger partial charge in [-0.1, -0.05) is 30.3 Å². The molecule has 0 unspecified atom stereocenters. The fourth-order valence-electron chi connectivity index (χ4n) is 4.53. The summed E-state index contributed by atoms with van der Waals surface area (Å²) < 4.78 is 0. The highest BCUT2D eigenvalue weighted by molar-refractivity contribution is 5.87. The van der Waals surface area contributed by atoms with Gasteiger partial charge in [-0.05, 0) is 37.2 Å². The maximum absolute atomic E-state index is 12.8. The highest BCUT2D eigenvalue weighted by Crippen LogP contribution is 2.25. The van der Waals surface area contributed by atoms with Crippen molar-refractivity contribution in [2.75, 3.05) is 19.6 Å². The number of hydrogen-bond acceptors (Lipinski definition) is 4. The van der Waals surface area contributed by atoms with Crippen LogP contribution < -0.4 is 5.32 Å². The molecule has 0 aromatic heterocycles. The predicted molar refractivity (Wildman–Crippen MR) is 114 cm³/mol. The minimum atomic E-state index is -1.05. The molecule has 31 heavy (non-hydrogen) atoms. The molecular formula is C23H31N3O5. The molecule has 2 fully saturated rings. The molecule has 168 valence electrons. The monoisotopic (exact) mass is 429 g/mol. The number of amides is 3. The second kappa shape index (κ2) is 10.4. The van der Waals surface area contributed by atoms with Crippen LogP contribution in [0, 0.1) is 5.92 Å². The summed E-state index contributed by atoms with van der Waals surface area (Å²) in [5, 5.41) is 12.1. The van der Waals surface area contributed by atoms with Crippen LogP contribution in [0.3, 0.4) is 0 Å². The Morgan fingerprint density at radius 3 is 2.35 bits per heavy atom. The van der Waals surface area contributed by atoms with Gasteiger partial charge in [-0.3, -0.25) is 14.4 Å². The number of nitrogens with one attached hydrogen (secondary N) is 1. The molecule has 0 saturated carbocycles. The Balaban J connectivity index is 1.46. The molecule has 2 heterocycles. The van der Waals surface area contributed by atoms with Crippen LogP contribution in [0.2, 0.25) is 0 Å². The molecule has 0 radical (unpaired) electrons. The Labute approximate surface area is 182 Å². The van der Waals surface area contributed by atoms with Gasteiger partial charge in [-0.25, -0.2) is 4.79 Å². The molecule has 3 amide bonds. The third kappa shape index (κ3) is 6.06. The van der Waals surface area contributed by atoms with Gasteiger partial charge in [0.05, 0.1) is 0 Å². The van der Waals surface area contributed by atoms with Gasteiger partial charge in [0.1, 0.15) is 12.1 Å². The maximum Gasteiger partial charge on any atom is 0.326 e. The van der Waals surface area contributed by atoms with E-state index >= 15 is 0 Å². The Morgan fingerprint density at radius 1 is 1.06 bits per heavy atom. The van der Waals surface area contributed by atoms with Gasteiger partial charge < -0.3 is 20.2 Å². The smallest absolute Gasteiger partial charge is 0.326 e. The second-order valence-corrected chi connectivity index (χ2v) is 8.49. The predicted octanol–water partition coefficient (Wildman–Crippen LogP) is 1.44. The lowest BCUT2D eigenvalue weighted by atomic mass is 9.92. The summed E-state index contributed by atoms with van der Waals surface area (Å²) in [6, 6.07) is 7.90. The largest absolute Gasteiger partial charge is 0.480 e. The average molecular weight is 430 g/mol. The van der Waals surface area contributed by atoms with Gasteiger partial charge in [-0.2, -0.15) is 0 Å². The third-order valence-corrected chi connectivity index (χ3v) is 6.26. The summed E-state index contributed by atoms with van der Waals surface area (Å²) in [6.07, 6.45) is 3.44. The lowest BCUT2D eigenvalue weighted by molar-refractivity contribution is -0.144. The zero-order chi connectivity index (χ0) is 22.4. The summed E-state index contributed by atoms with van der Waals surface area (Å²) in [4.78, 5) is 52.0. The van der Waals surface area contributed by atoms with Crippen LogP contribution in [0.25, 0.3) is 0 Å². The number of piperidine rings is 1. The lowest BCUT2D eigenvalue weighted by Crippen LogP contribution is -2.50. The van der Waals surface area contributed by atoms with Crippen LogP contribution in [0.1, 0.15) is 44.6 Å². The summed E-state index contributed by atoms with van der Waals surface area (Å²) >= 11 is 0. The molecule has 2 aliphatic heterocycles. The van der Waals surface area contributed by atoms with Crippen LogP contribution >= 0.6 is 0 Å². The number of carboxylic acids is 1. The molecular weight excluding hydrogens is 398 g/mol. The topological polar surface area (TPSA) is 107 Å². The molecule has 3 rings (SSSR count). The van der Waals surface area contributed by atoms with Gasteiger partial charge in [0.2, 0.25) is 17.7 Å². The molecule has 0 bridgehead atoms. The minimum absolute atomic E-state index is 0.00408. The van der Waals surface area contributed by atoms with Crippen LogP contribution in [0.15, 0.2) is 30.3 Å². The van der Waals surface area contributed by atoms with E-state index in [2.05, 4.69) is 5.32 Å². The van der Waals surface area contributed by atoms with Crippen LogP contribution in [0.4, 0.5) is 0 Å². The summed E-state index contributed by atoms with van der Waals surface area (Å²) in [7, 11) is 0. The van der Waals surface area contributed by atoms with E-state index in [9.17, 15) is 24.3 Å². The van der Waals surface area contributed by atoms with E-state index in [1.54, 1.807) is 9.80 Å². The van der Waals surface area contributed by atoms with E-state index in [0.29, 0.717) is 38.9 Å². The number of carbonyl (C=O) groups is 4. The number of nitrogens with zero attached hydrogens (tertiary/aromatic N) is 2. The first kappa shape index (κ1) is 22.8. The molecule has 1 aromatic carbocycles. The van der Waals surface area contributed by atoms with Gasteiger partial charge >= 0.3 is 5.97 Å². The molecule has 1 aromatic rings. The number of aliphatic carboxylic acids is 1. The van der Waals surface area contributed by atoms with Crippen molar-refractivity contribution in [2.24, 2.45) is 5.92 Å². The lowest BCUT2D eigenvalue weighted by Gasteiger charge is -2.35. The molecule has 2 atom stereocenters. The normalized spacial score (nSPS) is 20.4. The minimum Gasteiger partial charge on any atom is -0.480 e. The number of likely N-dealkylation sites (tertiary alicyclic amines) is 2. The fraction of sp³-hybridized carbons (Fsp3) is 0.565. The van der Waals surface area contributed by atoms with E-state index in [1.807, 2.05) is 30.3 Å². The summed E-state index contributed by atoms with van der Waals surface area (Å²) in [6.45, 7) is 3.26. The summed E-state index contributed by atoms with van der Waals surface area (Å²) in [5.41, 5.74) is 0.855. The molecule has 8 nitrogen and oxygen atoms in total. The first-order valence-electron chi connectivity index (χ1n) is 11.0. The van der Waals surface area contributed by atoms with E-state index in [-0.39, 0.29) is 42.5 Å². The van der Waals surface area contributed by atoms with Crippen molar-refractivity contribution in [3.8, 4) is 0 Å².